The van der Waals surface area contributed by atoms with Gasteiger partial charge in [-0.1, -0.05) is 50.6 Å². The molecule has 0 rings (SSSR count). The molecule has 0 unspecified atom stereocenters. The first-order chi connectivity index (χ1) is 6.20. The van der Waals surface area contributed by atoms with E-state index in [2.05, 4.69) is 45.6 Å². The highest BCUT2D eigenvalue weighted by molar-refractivity contribution is 5.13. The minimum absolute atomic E-state index is 0.763. The second-order valence-corrected chi connectivity index (χ2v) is 3.73. The fourth-order valence-corrected chi connectivity index (χ4v) is 1.23. The lowest BCUT2D eigenvalue weighted by atomic mass is 10.0. The summed E-state index contributed by atoms with van der Waals surface area (Å²) in [5.74, 6) is 0.763. The fourth-order valence-electron chi connectivity index (χ4n) is 1.23. The van der Waals surface area contributed by atoms with Crippen LogP contribution in [0.5, 0.6) is 0 Å². The number of allylic oxidation sites excluding steroid dienone is 5. The quantitative estimate of drug-likeness (QED) is 0.415. The third kappa shape index (κ3) is 7.58. The topological polar surface area (TPSA) is 0 Å². The van der Waals surface area contributed by atoms with Crippen LogP contribution < -0.4 is 0 Å². The highest BCUT2D eigenvalue weighted by atomic mass is 14.0. The molecule has 0 fully saturated rings. The molecule has 0 aromatic rings. The van der Waals surface area contributed by atoms with Gasteiger partial charge in [-0.15, -0.1) is 6.58 Å². The van der Waals surface area contributed by atoms with Gasteiger partial charge in [0.15, 0.2) is 0 Å². The molecule has 0 heteroatoms. The van der Waals surface area contributed by atoms with E-state index in [4.69, 9.17) is 0 Å². The number of hydrogen-bond donors (Lipinski definition) is 0. The van der Waals surface area contributed by atoms with Gasteiger partial charge in [0, 0.05) is 0 Å². The number of rotatable bonds is 6. The summed E-state index contributed by atoms with van der Waals surface area (Å²) in [5.41, 5.74) is 1.54. The van der Waals surface area contributed by atoms with Crippen LogP contribution in [-0.2, 0) is 0 Å². The first-order valence-corrected chi connectivity index (χ1v) is 5.16. The van der Waals surface area contributed by atoms with Crippen molar-refractivity contribution < 1.29 is 0 Å². The van der Waals surface area contributed by atoms with Crippen molar-refractivity contribution in [2.24, 2.45) is 5.92 Å². The average molecular weight is 178 g/mol. The van der Waals surface area contributed by atoms with Crippen LogP contribution in [0.4, 0.5) is 0 Å². The SMILES string of the molecule is C=CC/C=C\C=C(\CC)CC(C)C. The maximum atomic E-state index is 3.67. The van der Waals surface area contributed by atoms with Crippen LogP contribution in [0, 0.1) is 5.92 Å². The van der Waals surface area contributed by atoms with E-state index < -0.39 is 0 Å². The van der Waals surface area contributed by atoms with Gasteiger partial charge in [-0.25, -0.2) is 0 Å². The molecule has 0 aromatic carbocycles. The lowest BCUT2D eigenvalue weighted by Crippen LogP contribution is -1.89. The lowest BCUT2D eigenvalue weighted by Gasteiger charge is -2.06. The van der Waals surface area contributed by atoms with Crippen molar-refractivity contribution in [2.75, 3.05) is 0 Å². The Bertz CT molecular complexity index is 182. The van der Waals surface area contributed by atoms with Crippen molar-refractivity contribution in [3.8, 4) is 0 Å². The van der Waals surface area contributed by atoms with Crippen LogP contribution in [0.3, 0.4) is 0 Å². The van der Waals surface area contributed by atoms with Crippen molar-refractivity contribution in [1.29, 1.82) is 0 Å². The van der Waals surface area contributed by atoms with E-state index in [9.17, 15) is 0 Å². The lowest BCUT2D eigenvalue weighted by molar-refractivity contribution is 0.630. The molecule has 74 valence electrons. The average Bonchev–Trinajstić information content (AvgIpc) is 2.09. The van der Waals surface area contributed by atoms with E-state index in [0.29, 0.717) is 0 Å². The van der Waals surface area contributed by atoms with Crippen LogP contribution in [0.15, 0.2) is 36.5 Å². The van der Waals surface area contributed by atoms with E-state index in [1.165, 1.54) is 12.0 Å². The molecular formula is C13H22. The zero-order chi connectivity index (χ0) is 10.1. The van der Waals surface area contributed by atoms with Gasteiger partial charge in [0.25, 0.3) is 0 Å². The Kier molecular flexibility index (Phi) is 7.38. The van der Waals surface area contributed by atoms with Crippen LogP contribution in [-0.4, -0.2) is 0 Å². The zero-order valence-electron chi connectivity index (χ0n) is 9.22. The third-order valence-corrected chi connectivity index (χ3v) is 1.90. The molecule has 0 aliphatic carbocycles. The second-order valence-electron chi connectivity index (χ2n) is 3.73. The molecule has 0 radical (unpaired) electrons. The molecule has 0 saturated carbocycles. The minimum atomic E-state index is 0.763. The molecule has 0 heterocycles. The second kappa shape index (κ2) is 7.85. The van der Waals surface area contributed by atoms with Crippen molar-refractivity contribution in [3.63, 3.8) is 0 Å². The van der Waals surface area contributed by atoms with Gasteiger partial charge in [0.1, 0.15) is 0 Å². The summed E-state index contributed by atoms with van der Waals surface area (Å²) in [4.78, 5) is 0. The Hall–Kier alpha value is -0.780. The molecule has 0 spiro atoms. The molecule has 0 aliphatic rings. The summed E-state index contributed by atoms with van der Waals surface area (Å²) in [6.07, 6.45) is 11.8. The highest BCUT2D eigenvalue weighted by Crippen LogP contribution is 2.13. The van der Waals surface area contributed by atoms with Gasteiger partial charge in [-0.2, -0.15) is 0 Å². The van der Waals surface area contributed by atoms with Gasteiger partial charge < -0.3 is 0 Å². The van der Waals surface area contributed by atoms with E-state index in [1.54, 1.807) is 0 Å². The molecule has 0 aliphatic heterocycles. The summed E-state index contributed by atoms with van der Waals surface area (Å²) >= 11 is 0. The summed E-state index contributed by atoms with van der Waals surface area (Å²) in [6, 6.07) is 0. The Morgan fingerprint density at radius 1 is 1.38 bits per heavy atom. The third-order valence-electron chi connectivity index (χ3n) is 1.90. The van der Waals surface area contributed by atoms with Crippen molar-refractivity contribution in [3.05, 3.63) is 36.5 Å². The summed E-state index contributed by atoms with van der Waals surface area (Å²) < 4.78 is 0. The monoisotopic (exact) mass is 178 g/mol. The van der Waals surface area contributed by atoms with E-state index in [1.807, 2.05) is 6.08 Å². The fraction of sp³-hybridized carbons (Fsp3) is 0.538. The minimum Gasteiger partial charge on any atom is -0.103 e. The van der Waals surface area contributed by atoms with Gasteiger partial charge in [-0.05, 0) is 25.2 Å². The summed E-state index contributed by atoms with van der Waals surface area (Å²) in [6.45, 7) is 10.4. The molecular weight excluding hydrogens is 156 g/mol. The number of hydrogen-bond acceptors (Lipinski definition) is 0. The van der Waals surface area contributed by atoms with Crippen LogP contribution in [0.2, 0.25) is 0 Å². The van der Waals surface area contributed by atoms with Crippen LogP contribution in [0.25, 0.3) is 0 Å². The van der Waals surface area contributed by atoms with E-state index in [0.717, 1.165) is 18.8 Å². The van der Waals surface area contributed by atoms with Gasteiger partial charge in [-0.3, -0.25) is 0 Å². The summed E-state index contributed by atoms with van der Waals surface area (Å²) in [7, 11) is 0. The normalized spacial score (nSPS) is 12.8. The largest absolute Gasteiger partial charge is 0.103 e. The molecule has 0 bridgehead atoms. The maximum absolute atomic E-state index is 3.67. The Morgan fingerprint density at radius 2 is 2.08 bits per heavy atom. The van der Waals surface area contributed by atoms with Crippen LogP contribution in [0.1, 0.15) is 40.0 Å². The van der Waals surface area contributed by atoms with Gasteiger partial charge >= 0.3 is 0 Å². The van der Waals surface area contributed by atoms with Crippen molar-refractivity contribution >= 4 is 0 Å². The zero-order valence-corrected chi connectivity index (χ0v) is 9.22. The van der Waals surface area contributed by atoms with Gasteiger partial charge in [0.05, 0.1) is 0 Å². The van der Waals surface area contributed by atoms with Gasteiger partial charge in [0.2, 0.25) is 0 Å². The summed E-state index contributed by atoms with van der Waals surface area (Å²) in [5, 5.41) is 0. The van der Waals surface area contributed by atoms with Crippen molar-refractivity contribution in [1.82, 2.24) is 0 Å². The predicted octanol–water partition coefficient (Wildman–Crippen LogP) is 4.50. The molecule has 0 amide bonds. The predicted molar refractivity (Wildman–Crippen MR) is 61.8 cm³/mol. The first kappa shape index (κ1) is 12.2. The molecule has 0 nitrogen and oxygen atoms in total. The Morgan fingerprint density at radius 3 is 2.54 bits per heavy atom. The molecule has 0 aromatic heterocycles. The molecule has 0 N–H and O–H groups in total. The first-order valence-electron chi connectivity index (χ1n) is 5.16. The van der Waals surface area contributed by atoms with E-state index >= 15 is 0 Å². The molecule has 13 heavy (non-hydrogen) atoms. The molecule has 0 atom stereocenters. The Balaban J connectivity index is 3.98. The molecule has 0 saturated heterocycles. The van der Waals surface area contributed by atoms with Crippen molar-refractivity contribution in [2.45, 2.75) is 40.0 Å². The smallest absolute Gasteiger partial charge is 0.0169 e. The van der Waals surface area contributed by atoms with E-state index in [-0.39, 0.29) is 0 Å². The standard InChI is InChI=1S/C13H22/c1-5-7-8-9-10-13(6-2)11-12(3)4/h5,8-10,12H,1,6-7,11H2,2-4H3/b9-8-,13-10-. The maximum Gasteiger partial charge on any atom is -0.0169 e. The van der Waals surface area contributed by atoms with Crippen LogP contribution >= 0.6 is 0 Å². The highest BCUT2D eigenvalue weighted by Gasteiger charge is 1.96. The Labute approximate surface area is 83.0 Å².